The van der Waals surface area contributed by atoms with Crippen LogP contribution >= 0.6 is 0 Å². The Morgan fingerprint density at radius 3 is 2.80 bits per heavy atom. The number of rotatable bonds is 6. The van der Waals surface area contributed by atoms with E-state index >= 15 is 0 Å². The highest BCUT2D eigenvalue weighted by molar-refractivity contribution is 5.80. The largest absolute Gasteiger partial charge is 0.496 e. The van der Waals surface area contributed by atoms with Crippen molar-refractivity contribution < 1.29 is 17.9 Å². The van der Waals surface area contributed by atoms with E-state index in [1.807, 2.05) is 24.3 Å². The van der Waals surface area contributed by atoms with Gasteiger partial charge in [0, 0.05) is 32.7 Å². The highest BCUT2D eigenvalue weighted by Crippen LogP contribution is 2.20. The van der Waals surface area contributed by atoms with Crippen molar-refractivity contribution in [2.45, 2.75) is 25.1 Å². The summed E-state index contributed by atoms with van der Waals surface area (Å²) in [7, 11) is 3.29. The minimum absolute atomic E-state index is 0.0280. The molecular formula is C17H25F3N4O. The Kier molecular flexibility index (Phi) is 6.92. The maximum absolute atomic E-state index is 12.4. The van der Waals surface area contributed by atoms with Crippen LogP contribution in [0, 0.1) is 0 Å². The van der Waals surface area contributed by atoms with E-state index in [9.17, 15) is 13.2 Å². The van der Waals surface area contributed by atoms with Crippen molar-refractivity contribution in [3.05, 3.63) is 29.8 Å². The molecule has 5 nitrogen and oxygen atoms in total. The van der Waals surface area contributed by atoms with E-state index in [4.69, 9.17) is 4.74 Å². The summed E-state index contributed by atoms with van der Waals surface area (Å²) in [6.07, 6.45) is -2.72. The fraction of sp³-hybridized carbons (Fsp3) is 0.588. The molecule has 1 aromatic rings. The number of guanidine groups is 1. The number of alkyl halides is 3. The van der Waals surface area contributed by atoms with Crippen molar-refractivity contribution in [1.29, 1.82) is 0 Å². The number of hydrogen-bond donors (Lipinski definition) is 2. The zero-order chi connectivity index (χ0) is 18.3. The average molecular weight is 358 g/mol. The number of nitrogens with one attached hydrogen (secondary N) is 2. The maximum Gasteiger partial charge on any atom is 0.401 e. The number of nitrogens with zero attached hydrogens (tertiary/aromatic N) is 2. The zero-order valence-corrected chi connectivity index (χ0v) is 14.6. The normalized spacial score (nSPS) is 19.1. The summed E-state index contributed by atoms with van der Waals surface area (Å²) < 4.78 is 42.7. The molecule has 1 atom stereocenters. The molecule has 0 aromatic heterocycles. The van der Waals surface area contributed by atoms with Crippen LogP contribution in [0.5, 0.6) is 5.75 Å². The smallest absolute Gasteiger partial charge is 0.401 e. The van der Waals surface area contributed by atoms with E-state index in [0.717, 1.165) is 17.7 Å². The van der Waals surface area contributed by atoms with Crippen molar-refractivity contribution in [1.82, 2.24) is 15.5 Å². The Morgan fingerprint density at radius 1 is 1.36 bits per heavy atom. The van der Waals surface area contributed by atoms with Crippen LogP contribution in [0.4, 0.5) is 13.2 Å². The minimum atomic E-state index is -4.15. The molecule has 0 spiro atoms. The SMILES string of the molecule is CN=C(NCCc1ccccc1OC)NC1CCN(CC(F)(F)F)C1. The Bertz CT molecular complexity index is 577. The van der Waals surface area contributed by atoms with E-state index in [1.54, 1.807) is 14.2 Å². The second kappa shape index (κ2) is 8.94. The lowest BCUT2D eigenvalue weighted by molar-refractivity contribution is -0.143. The third-order valence-electron chi connectivity index (χ3n) is 4.12. The Balaban J connectivity index is 1.76. The number of methoxy groups -OCH3 is 1. The highest BCUT2D eigenvalue weighted by atomic mass is 19.4. The van der Waals surface area contributed by atoms with Gasteiger partial charge in [-0.2, -0.15) is 13.2 Å². The van der Waals surface area contributed by atoms with Crippen molar-refractivity contribution in [2.24, 2.45) is 4.99 Å². The Morgan fingerprint density at radius 2 is 2.12 bits per heavy atom. The zero-order valence-electron chi connectivity index (χ0n) is 14.6. The maximum atomic E-state index is 12.4. The quantitative estimate of drug-likeness (QED) is 0.604. The number of para-hydroxylation sites is 1. The van der Waals surface area contributed by atoms with Crippen molar-refractivity contribution in [3.8, 4) is 5.75 Å². The first-order chi connectivity index (χ1) is 11.9. The van der Waals surface area contributed by atoms with Crippen LogP contribution in [-0.4, -0.2) is 63.4 Å². The summed E-state index contributed by atoms with van der Waals surface area (Å²) in [6.45, 7) is 0.603. The first kappa shape index (κ1) is 19.4. The van der Waals surface area contributed by atoms with Gasteiger partial charge in [0.15, 0.2) is 5.96 Å². The molecule has 0 amide bonds. The van der Waals surface area contributed by atoms with Gasteiger partial charge >= 0.3 is 6.18 Å². The summed E-state index contributed by atoms with van der Waals surface area (Å²) >= 11 is 0. The molecule has 1 heterocycles. The van der Waals surface area contributed by atoms with Gasteiger partial charge in [0.25, 0.3) is 0 Å². The number of aliphatic imine (C=N–C) groups is 1. The molecule has 1 fully saturated rings. The van der Waals surface area contributed by atoms with Crippen molar-refractivity contribution in [3.63, 3.8) is 0 Å². The second-order valence-corrected chi connectivity index (χ2v) is 6.04. The molecular weight excluding hydrogens is 333 g/mol. The fourth-order valence-electron chi connectivity index (χ4n) is 2.96. The van der Waals surface area contributed by atoms with Crippen molar-refractivity contribution in [2.75, 3.05) is 40.3 Å². The summed E-state index contributed by atoms with van der Waals surface area (Å²) in [5, 5.41) is 6.40. The summed E-state index contributed by atoms with van der Waals surface area (Å²) in [4.78, 5) is 5.56. The number of hydrogen-bond acceptors (Lipinski definition) is 3. The lowest BCUT2D eigenvalue weighted by Gasteiger charge is -2.20. The Hall–Kier alpha value is -1.96. The number of ether oxygens (including phenoxy) is 1. The number of benzene rings is 1. The molecule has 0 aliphatic carbocycles. The van der Waals surface area contributed by atoms with Crippen LogP contribution in [0.3, 0.4) is 0 Å². The number of likely N-dealkylation sites (tertiary alicyclic amines) is 1. The highest BCUT2D eigenvalue weighted by Gasteiger charge is 2.34. The van der Waals surface area contributed by atoms with Crippen LogP contribution in [0.25, 0.3) is 0 Å². The molecule has 1 aliphatic rings. The predicted octanol–water partition coefficient (Wildman–Crippen LogP) is 2.04. The van der Waals surface area contributed by atoms with E-state index in [2.05, 4.69) is 15.6 Å². The average Bonchev–Trinajstić information content (AvgIpc) is 2.99. The van der Waals surface area contributed by atoms with Gasteiger partial charge in [0.1, 0.15) is 5.75 Å². The molecule has 2 N–H and O–H groups in total. The molecule has 0 saturated carbocycles. The molecule has 0 bridgehead atoms. The van der Waals surface area contributed by atoms with E-state index in [-0.39, 0.29) is 6.04 Å². The molecule has 25 heavy (non-hydrogen) atoms. The first-order valence-electron chi connectivity index (χ1n) is 8.29. The van der Waals surface area contributed by atoms with Crippen LogP contribution in [0.15, 0.2) is 29.3 Å². The van der Waals surface area contributed by atoms with Gasteiger partial charge in [0.05, 0.1) is 13.7 Å². The van der Waals surface area contributed by atoms with Crippen LogP contribution < -0.4 is 15.4 Å². The Labute approximate surface area is 146 Å². The van der Waals surface area contributed by atoms with Crippen LogP contribution in [-0.2, 0) is 6.42 Å². The van der Waals surface area contributed by atoms with Gasteiger partial charge in [-0.05, 0) is 24.5 Å². The predicted molar refractivity (Wildman–Crippen MR) is 92.1 cm³/mol. The molecule has 2 rings (SSSR count). The lowest BCUT2D eigenvalue weighted by Crippen LogP contribution is -2.45. The van der Waals surface area contributed by atoms with E-state index in [0.29, 0.717) is 32.0 Å². The van der Waals surface area contributed by atoms with Gasteiger partial charge < -0.3 is 15.4 Å². The summed E-state index contributed by atoms with van der Waals surface area (Å²) in [5.74, 6) is 1.44. The second-order valence-electron chi connectivity index (χ2n) is 6.04. The van der Waals surface area contributed by atoms with E-state index < -0.39 is 12.7 Å². The van der Waals surface area contributed by atoms with Gasteiger partial charge in [-0.25, -0.2) is 0 Å². The molecule has 0 radical (unpaired) electrons. The van der Waals surface area contributed by atoms with Crippen LogP contribution in [0.1, 0.15) is 12.0 Å². The molecule has 1 unspecified atom stereocenters. The standard InChI is InChI=1S/C17H25F3N4O/c1-21-16(22-9-7-13-5-3-4-6-15(13)25-2)23-14-8-10-24(11-14)12-17(18,19)20/h3-6,14H,7-12H2,1-2H3,(H2,21,22,23). The van der Waals surface area contributed by atoms with Gasteiger partial charge in [0.2, 0.25) is 0 Å². The lowest BCUT2D eigenvalue weighted by atomic mass is 10.1. The molecule has 1 aliphatic heterocycles. The molecule has 140 valence electrons. The van der Waals surface area contributed by atoms with Gasteiger partial charge in [-0.15, -0.1) is 0 Å². The minimum Gasteiger partial charge on any atom is -0.496 e. The van der Waals surface area contributed by atoms with Gasteiger partial charge in [-0.3, -0.25) is 9.89 Å². The van der Waals surface area contributed by atoms with Crippen molar-refractivity contribution >= 4 is 5.96 Å². The van der Waals surface area contributed by atoms with Crippen LogP contribution in [0.2, 0.25) is 0 Å². The molecule has 1 saturated heterocycles. The monoisotopic (exact) mass is 358 g/mol. The molecule has 8 heteroatoms. The third-order valence-corrected chi connectivity index (χ3v) is 4.12. The van der Waals surface area contributed by atoms with Gasteiger partial charge in [-0.1, -0.05) is 18.2 Å². The number of halogens is 3. The molecule has 1 aromatic carbocycles. The summed E-state index contributed by atoms with van der Waals surface area (Å²) in [5.41, 5.74) is 1.09. The third kappa shape index (κ3) is 6.45. The first-order valence-corrected chi connectivity index (χ1v) is 8.29. The fourth-order valence-corrected chi connectivity index (χ4v) is 2.96. The van der Waals surface area contributed by atoms with E-state index in [1.165, 1.54) is 4.90 Å². The summed E-state index contributed by atoms with van der Waals surface area (Å²) in [6, 6.07) is 7.76. The topological polar surface area (TPSA) is 48.9 Å².